The lowest BCUT2D eigenvalue weighted by molar-refractivity contribution is -0.137. The van der Waals surface area contributed by atoms with Crippen molar-refractivity contribution in [3.8, 4) is 6.07 Å². The molecule has 0 spiro atoms. The van der Waals surface area contributed by atoms with Crippen molar-refractivity contribution in [3.63, 3.8) is 0 Å². The van der Waals surface area contributed by atoms with Crippen LogP contribution in [0.15, 0.2) is 39.5 Å². The van der Waals surface area contributed by atoms with E-state index in [1.54, 1.807) is 0 Å². The van der Waals surface area contributed by atoms with Gasteiger partial charge >= 0.3 is 6.18 Å². The lowest BCUT2D eigenvalue weighted by Gasteiger charge is -2.08. The van der Waals surface area contributed by atoms with E-state index in [4.69, 9.17) is 5.26 Å². The summed E-state index contributed by atoms with van der Waals surface area (Å²) < 4.78 is 37.1. The number of amidine groups is 1. The lowest BCUT2D eigenvalue weighted by atomic mass is 10.1. The largest absolute Gasteiger partial charge is 0.416 e. The average Bonchev–Trinajstić information content (AvgIpc) is 2.77. The number of rotatable bonds is 2. The number of hydrogen-bond acceptors (Lipinski definition) is 4. The second-order valence-corrected chi connectivity index (χ2v) is 3.59. The molecule has 0 amide bonds. The van der Waals surface area contributed by atoms with Gasteiger partial charge in [0.1, 0.15) is 0 Å². The van der Waals surface area contributed by atoms with Crippen LogP contribution in [0.2, 0.25) is 0 Å². The third kappa shape index (κ3) is 2.53. The molecule has 4 nitrogen and oxygen atoms in total. The van der Waals surface area contributed by atoms with Gasteiger partial charge in [-0.2, -0.15) is 23.5 Å². The van der Waals surface area contributed by atoms with E-state index >= 15 is 0 Å². The van der Waals surface area contributed by atoms with Crippen LogP contribution in [0.1, 0.15) is 23.7 Å². The molecule has 7 heteroatoms. The van der Waals surface area contributed by atoms with Gasteiger partial charge in [-0.3, -0.25) is 0 Å². The van der Waals surface area contributed by atoms with Crippen molar-refractivity contribution in [2.45, 2.75) is 18.8 Å². The molecule has 1 aliphatic heterocycles. The minimum Gasteiger partial charge on any atom is -0.234 e. The third-order valence-electron chi connectivity index (χ3n) is 2.33. The molecule has 0 unspecified atom stereocenters. The number of nitriles is 1. The van der Waals surface area contributed by atoms with Crippen molar-refractivity contribution >= 4 is 5.84 Å². The Kier molecular flexibility index (Phi) is 3.10. The Morgan fingerprint density at radius 2 is 1.89 bits per heavy atom. The first kappa shape index (κ1) is 12.2. The molecule has 1 atom stereocenters. The van der Waals surface area contributed by atoms with Crippen LogP contribution < -0.4 is 0 Å². The topological polar surface area (TPSA) is 60.9 Å². The zero-order chi connectivity index (χ0) is 13.2. The maximum absolute atomic E-state index is 12.4. The van der Waals surface area contributed by atoms with Gasteiger partial charge in [0.15, 0.2) is 12.0 Å². The van der Waals surface area contributed by atoms with Crippen molar-refractivity contribution in [2.24, 2.45) is 15.2 Å². The van der Waals surface area contributed by atoms with E-state index < -0.39 is 17.9 Å². The number of benzene rings is 1. The smallest absolute Gasteiger partial charge is 0.234 e. The Morgan fingerprint density at radius 1 is 1.22 bits per heavy atom. The van der Waals surface area contributed by atoms with E-state index in [1.165, 1.54) is 12.1 Å². The fourth-order valence-electron chi connectivity index (χ4n) is 1.45. The van der Waals surface area contributed by atoms with Crippen LogP contribution in [0.5, 0.6) is 0 Å². The molecule has 0 bridgehead atoms. The van der Waals surface area contributed by atoms with Gasteiger partial charge < -0.3 is 0 Å². The van der Waals surface area contributed by atoms with E-state index in [-0.39, 0.29) is 6.42 Å². The Labute approximate surface area is 100 Å². The van der Waals surface area contributed by atoms with Crippen LogP contribution in [0.4, 0.5) is 13.2 Å². The molecular weight excluding hydrogens is 245 g/mol. The molecule has 0 aliphatic carbocycles. The Morgan fingerprint density at radius 3 is 2.44 bits per heavy atom. The molecule has 0 fully saturated rings. The maximum Gasteiger partial charge on any atom is 0.416 e. The fourth-order valence-corrected chi connectivity index (χ4v) is 1.45. The van der Waals surface area contributed by atoms with Gasteiger partial charge in [-0.05, 0) is 12.1 Å². The summed E-state index contributed by atoms with van der Waals surface area (Å²) in [4.78, 5) is 4.02. The summed E-state index contributed by atoms with van der Waals surface area (Å²) >= 11 is 0. The molecule has 1 aromatic rings. The highest BCUT2D eigenvalue weighted by atomic mass is 19.4. The molecule has 92 valence electrons. The highest BCUT2D eigenvalue weighted by Crippen LogP contribution is 2.31. The van der Waals surface area contributed by atoms with E-state index in [2.05, 4.69) is 15.2 Å². The summed E-state index contributed by atoms with van der Waals surface area (Å²) in [5.74, 6) is 0.294. The summed E-state index contributed by atoms with van der Waals surface area (Å²) in [6, 6.07) is 6.45. The van der Waals surface area contributed by atoms with Gasteiger partial charge in [0, 0.05) is 5.56 Å². The molecule has 1 aromatic carbocycles. The third-order valence-corrected chi connectivity index (χ3v) is 2.33. The molecule has 0 N–H and O–H groups in total. The van der Waals surface area contributed by atoms with Crippen molar-refractivity contribution < 1.29 is 13.2 Å². The summed E-state index contributed by atoms with van der Waals surface area (Å²) in [5, 5.41) is 15.9. The van der Waals surface area contributed by atoms with Crippen LogP contribution >= 0.6 is 0 Å². The molecule has 0 saturated heterocycles. The van der Waals surface area contributed by atoms with E-state index in [0.717, 1.165) is 12.1 Å². The first-order chi connectivity index (χ1) is 8.50. The number of alkyl halides is 3. The summed E-state index contributed by atoms with van der Waals surface area (Å²) in [6.07, 6.45) is -4.96. The first-order valence-electron chi connectivity index (χ1n) is 5.02. The summed E-state index contributed by atoms with van der Waals surface area (Å²) in [5.41, 5.74) is -0.206. The fraction of sp³-hybridized carbons (Fsp3) is 0.273. The Hall–Kier alpha value is -2.23. The van der Waals surface area contributed by atoms with Crippen molar-refractivity contribution in [1.82, 2.24) is 0 Å². The summed E-state index contributed by atoms with van der Waals surface area (Å²) in [6.45, 7) is 0. The number of hydrogen-bond donors (Lipinski definition) is 0. The zero-order valence-corrected chi connectivity index (χ0v) is 9.02. The standard InChI is InChI=1S/C11H7F3N4/c12-11(13,14)8-3-1-7(2-4-8)10-16-9(5-6-15)17-18-10/h1-4,10H,5H2/t10-/m1/s1. The van der Waals surface area contributed by atoms with Crippen LogP contribution in [0.25, 0.3) is 0 Å². The predicted octanol–water partition coefficient (Wildman–Crippen LogP) is 3.48. The van der Waals surface area contributed by atoms with E-state index in [1.807, 2.05) is 6.07 Å². The van der Waals surface area contributed by atoms with Crippen LogP contribution in [0, 0.1) is 11.3 Å². The number of azo groups is 1. The second kappa shape index (κ2) is 4.56. The maximum atomic E-state index is 12.4. The van der Waals surface area contributed by atoms with Gasteiger partial charge in [0.2, 0.25) is 0 Å². The van der Waals surface area contributed by atoms with Gasteiger partial charge in [0.05, 0.1) is 18.1 Å². The second-order valence-electron chi connectivity index (χ2n) is 3.59. The minimum absolute atomic E-state index is 0.0423. The normalized spacial score (nSPS) is 18.6. The number of aliphatic imine (C=N–C) groups is 1. The lowest BCUT2D eigenvalue weighted by Crippen LogP contribution is -2.04. The molecule has 18 heavy (non-hydrogen) atoms. The van der Waals surface area contributed by atoms with Crippen LogP contribution in [-0.4, -0.2) is 5.84 Å². The SMILES string of the molecule is N#CCC1=N[C@@H](c2ccc(C(F)(F)F)cc2)N=N1. The van der Waals surface area contributed by atoms with Gasteiger partial charge in [0.25, 0.3) is 0 Å². The van der Waals surface area contributed by atoms with Gasteiger partial charge in [-0.1, -0.05) is 12.1 Å². The Balaban J connectivity index is 2.18. The minimum atomic E-state index is -4.36. The number of halogens is 3. The van der Waals surface area contributed by atoms with Gasteiger partial charge in [-0.15, -0.1) is 5.11 Å². The average molecular weight is 252 g/mol. The monoisotopic (exact) mass is 252 g/mol. The van der Waals surface area contributed by atoms with E-state index in [0.29, 0.717) is 11.4 Å². The molecule has 1 heterocycles. The highest BCUT2D eigenvalue weighted by molar-refractivity contribution is 5.85. The molecule has 0 aromatic heterocycles. The van der Waals surface area contributed by atoms with Crippen molar-refractivity contribution in [2.75, 3.05) is 0 Å². The zero-order valence-electron chi connectivity index (χ0n) is 9.02. The molecule has 0 saturated carbocycles. The highest BCUT2D eigenvalue weighted by Gasteiger charge is 2.30. The predicted molar refractivity (Wildman–Crippen MR) is 56.7 cm³/mol. The summed E-state index contributed by atoms with van der Waals surface area (Å²) in [7, 11) is 0. The molecule has 1 aliphatic rings. The quantitative estimate of drug-likeness (QED) is 0.794. The number of nitrogens with zero attached hydrogens (tertiary/aromatic N) is 4. The van der Waals surface area contributed by atoms with Gasteiger partial charge in [-0.25, -0.2) is 4.99 Å². The molecule has 0 radical (unpaired) electrons. The molecule has 2 rings (SSSR count). The van der Waals surface area contributed by atoms with Crippen LogP contribution in [-0.2, 0) is 6.18 Å². The van der Waals surface area contributed by atoms with Crippen LogP contribution in [0.3, 0.4) is 0 Å². The van der Waals surface area contributed by atoms with Crippen molar-refractivity contribution in [3.05, 3.63) is 35.4 Å². The Bertz CT molecular complexity index is 537. The van der Waals surface area contributed by atoms with Crippen molar-refractivity contribution in [1.29, 1.82) is 5.26 Å². The van der Waals surface area contributed by atoms with E-state index in [9.17, 15) is 13.2 Å². The molecular formula is C11H7F3N4. The first-order valence-corrected chi connectivity index (χ1v) is 5.02.